The summed E-state index contributed by atoms with van der Waals surface area (Å²) in [5.74, 6) is 0.788. The van der Waals surface area contributed by atoms with E-state index in [4.69, 9.17) is 0 Å². The molecular weight excluding hydrogens is 245 g/mol. The number of hydrogen-bond acceptors (Lipinski definition) is 2. The molecule has 2 aromatic rings. The summed E-state index contributed by atoms with van der Waals surface area (Å²) in [6.07, 6.45) is 0. The number of hydrogen-bond donors (Lipinski definition) is 1. The van der Waals surface area contributed by atoms with Gasteiger partial charge in [0.25, 0.3) is 0 Å². The first-order valence-corrected chi connectivity index (χ1v) is 6.91. The van der Waals surface area contributed by atoms with Crippen LogP contribution in [0.25, 0.3) is 0 Å². The lowest BCUT2D eigenvalue weighted by Crippen LogP contribution is -2.03. The van der Waals surface area contributed by atoms with Gasteiger partial charge in [0.15, 0.2) is 0 Å². The van der Waals surface area contributed by atoms with Crippen LogP contribution in [0.1, 0.15) is 5.56 Å². The summed E-state index contributed by atoms with van der Waals surface area (Å²) in [5.41, 5.74) is 2.24. The van der Waals surface area contributed by atoms with Crippen LogP contribution in [0.2, 0.25) is 0 Å². The van der Waals surface area contributed by atoms with Gasteiger partial charge in [-0.15, -0.1) is 11.8 Å². The van der Waals surface area contributed by atoms with Crippen molar-refractivity contribution in [1.29, 1.82) is 0 Å². The molecule has 0 spiro atoms. The molecule has 0 fully saturated rings. The molecule has 0 aliphatic heterocycles. The number of halogens is 1. The lowest BCUT2D eigenvalue weighted by atomic mass is 10.2. The van der Waals surface area contributed by atoms with Crippen molar-refractivity contribution in [3.8, 4) is 0 Å². The Morgan fingerprint density at radius 2 is 1.89 bits per heavy atom. The second kappa shape index (κ2) is 6.45. The van der Waals surface area contributed by atoms with E-state index in [0.29, 0.717) is 0 Å². The highest BCUT2D eigenvalue weighted by Gasteiger charge is 1.95. The van der Waals surface area contributed by atoms with E-state index in [1.165, 1.54) is 22.6 Å². The van der Waals surface area contributed by atoms with E-state index in [-0.39, 0.29) is 5.82 Å². The molecule has 2 aromatic carbocycles. The zero-order valence-corrected chi connectivity index (χ0v) is 11.1. The molecule has 0 aromatic heterocycles. The van der Waals surface area contributed by atoms with Gasteiger partial charge >= 0.3 is 0 Å². The zero-order chi connectivity index (χ0) is 12.8. The fourth-order valence-corrected chi connectivity index (χ4v) is 2.52. The quantitative estimate of drug-likeness (QED) is 0.635. The van der Waals surface area contributed by atoms with Gasteiger partial charge in [0.1, 0.15) is 5.82 Å². The number of rotatable bonds is 5. The summed E-state index contributed by atoms with van der Waals surface area (Å²) in [6, 6.07) is 14.9. The van der Waals surface area contributed by atoms with E-state index in [9.17, 15) is 4.39 Å². The minimum absolute atomic E-state index is 0.199. The molecule has 18 heavy (non-hydrogen) atoms. The SMILES string of the molecule is Cc1cccc(SCCNc2ccc(F)cc2)c1. The van der Waals surface area contributed by atoms with Crippen LogP contribution in [0.3, 0.4) is 0 Å². The first kappa shape index (κ1) is 13.0. The summed E-state index contributed by atoms with van der Waals surface area (Å²) in [5, 5.41) is 3.27. The van der Waals surface area contributed by atoms with Gasteiger partial charge in [-0.1, -0.05) is 17.7 Å². The molecule has 0 saturated carbocycles. The van der Waals surface area contributed by atoms with Crippen LogP contribution in [-0.4, -0.2) is 12.3 Å². The van der Waals surface area contributed by atoms with E-state index < -0.39 is 0 Å². The number of nitrogens with one attached hydrogen (secondary N) is 1. The second-order valence-electron chi connectivity index (χ2n) is 4.10. The van der Waals surface area contributed by atoms with Crippen LogP contribution in [0.5, 0.6) is 0 Å². The minimum Gasteiger partial charge on any atom is -0.384 e. The highest BCUT2D eigenvalue weighted by Crippen LogP contribution is 2.18. The average Bonchev–Trinajstić information content (AvgIpc) is 2.37. The molecule has 1 N–H and O–H groups in total. The Balaban J connectivity index is 1.74. The predicted molar refractivity (Wildman–Crippen MR) is 76.8 cm³/mol. The number of aryl methyl sites for hydroxylation is 1. The second-order valence-corrected chi connectivity index (χ2v) is 5.27. The molecule has 0 bridgehead atoms. The molecule has 0 amide bonds. The third-order valence-electron chi connectivity index (χ3n) is 2.53. The van der Waals surface area contributed by atoms with Gasteiger partial charge < -0.3 is 5.32 Å². The molecule has 0 unspecified atom stereocenters. The Morgan fingerprint density at radius 1 is 1.11 bits per heavy atom. The predicted octanol–water partition coefficient (Wildman–Crippen LogP) is 4.34. The Labute approximate surface area is 111 Å². The highest BCUT2D eigenvalue weighted by molar-refractivity contribution is 7.99. The summed E-state index contributed by atoms with van der Waals surface area (Å²) in [7, 11) is 0. The topological polar surface area (TPSA) is 12.0 Å². The number of benzene rings is 2. The summed E-state index contributed by atoms with van der Waals surface area (Å²) in [6.45, 7) is 2.96. The first-order valence-electron chi connectivity index (χ1n) is 5.93. The van der Waals surface area contributed by atoms with Crippen molar-refractivity contribution in [1.82, 2.24) is 0 Å². The van der Waals surface area contributed by atoms with Crippen molar-refractivity contribution >= 4 is 17.4 Å². The molecule has 0 heterocycles. The average molecular weight is 261 g/mol. The molecule has 0 aliphatic rings. The largest absolute Gasteiger partial charge is 0.384 e. The summed E-state index contributed by atoms with van der Waals surface area (Å²) in [4.78, 5) is 1.29. The highest BCUT2D eigenvalue weighted by atomic mass is 32.2. The molecule has 94 valence electrons. The van der Waals surface area contributed by atoms with E-state index in [1.807, 2.05) is 11.8 Å². The Kier molecular flexibility index (Phi) is 4.65. The smallest absolute Gasteiger partial charge is 0.123 e. The molecule has 0 aliphatic carbocycles. The van der Waals surface area contributed by atoms with Crippen molar-refractivity contribution in [2.45, 2.75) is 11.8 Å². The molecule has 0 radical (unpaired) electrons. The lowest BCUT2D eigenvalue weighted by molar-refractivity contribution is 0.628. The lowest BCUT2D eigenvalue weighted by Gasteiger charge is -2.06. The number of thioether (sulfide) groups is 1. The van der Waals surface area contributed by atoms with Crippen molar-refractivity contribution in [3.05, 3.63) is 59.9 Å². The third-order valence-corrected chi connectivity index (χ3v) is 3.53. The fourth-order valence-electron chi connectivity index (χ4n) is 1.64. The van der Waals surface area contributed by atoms with Gasteiger partial charge in [-0.2, -0.15) is 0 Å². The van der Waals surface area contributed by atoms with Gasteiger partial charge in [-0.25, -0.2) is 4.39 Å². The molecule has 1 nitrogen and oxygen atoms in total. The summed E-state index contributed by atoms with van der Waals surface area (Å²) < 4.78 is 12.7. The van der Waals surface area contributed by atoms with Crippen LogP contribution in [0.15, 0.2) is 53.4 Å². The van der Waals surface area contributed by atoms with Crippen molar-refractivity contribution in [2.75, 3.05) is 17.6 Å². The monoisotopic (exact) mass is 261 g/mol. The Bertz CT molecular complexity index is 496. The van der Waals surface area contributed by atoms with Gasteiger partial charge in [-0.3, -0.25) is 0 Å². The van der Waals surface area contributed by atoms with Crippen molar-refractivity contribution < 1.29 is 4.39 Å². The zero-order valence-electron chi connectivity index (χ0n) is 10.3. The maximum absolute atomic E-state index is 12.7. The van der Waals surface area contributed by atoms with E-state index >= 15 is 0 Å². The first-order chi connectivity index (χ1) is 8.74. The maximum atomic E-state index is 12.7. The normalized spacial score (nSPS) is 10.3. The van der Waals surface area contributed by atoms with E-state index in [0.717, 1.165) is 18.0 Å². The van der Waals surface area contributed by atoms with Crippen LogP contribution in [-0.2, 0) is 0 Å². The minimum atomic E-state index is -0.199. The van der Waals surface area contributed by atoms with Gasteiger partial charge in [0.05, 0.1) is 0 Å². The van der Waals surface area contributed by atoms with Crippen LogP contribution in [0.4, 0.5) is 10.1 Å². The van der Waals surface area contributed by atoms with E-state index in [2.05, 4.69) is 36.5 Å². The molecule has 0 saturated heterocycles. The van der Waals surface area contributed by atoms with Crippen LogP contribution in [0, 0.1) is 12.7 Å². The van der Waals surface area contributed by atoms with Gasteiger partial charge in [0.2, 0.25) is 0 Å². The van der Waals surface area contributed by atoms with Gasteiger partial charge in [-0.05, 0) is 43.3 Å². The molecule has 3 heteroatoms. The van der Waals surface area contributed by atoms with Crippen molar-refractivity contribution in [3.63, 3.8) is 0 Å². The molecular formula is C15H16FNS. The summed E-state index contributed by atoms with van der Waals surface area (Å²) >= 11 is 1.82. The molecule has 2 rings (SSSR count). The standard InChI is InChI=1S/C15H16FNS/c1-12-3-2-4-15(11-12)18-10-9-17-14-7-5-13(16)6-8-14/h2-8,11,17H,9-10H2,1H3. The van der Waals surface area contributed by atoms with Crippen LogP contribution < -0.4 is 5.32 Å². The fraction of sp³-hybridized carbons (Fsp3) is 0.200. The Morgan fingerprint density at radius 3 is 2.61 bits per heavy atom. The van der Waals surface area contributed by atoms with Crippen LogP contribution >= 0.6 is 11.8 Å². The third kappa shape index (κ3) is 4.08. The number of anilines is 1. The maximum Gasteiger partial charge on any atom is 0.123 e. The van der Waals surface area contributed by atoms with E-state index in [1.54, 1.807) is 12.1 Å². The van der Waals surface area contributed by atoms with Crippen molar-refractivity contribution in [2.24, 2.45) is 0 Å². The Hall–Kier alpha value is -1.48. The molecule has 0 atom stereocenters. The van der Waals surface area contributed by atoms with Gasteiger partial charge in [0, 0.05) is 22.9 Å².